The Morgan fingerprint density at radius 1 is 1.60 bits per heavy atom. The molecular weight excluding hydrogens is 142 g/mol. The maximum absolute atomic E-state index is 12.0. The molecule has 0 aliphatic heterocycles. The Morgan fingerprint density at radius 3 is 2.40 bits per heavy atom. The smallest absolute Gasteiger partial charge is 0.328 e. The molecule has 0 atom stereocenters. The maximum atomic E-state index is 12.0. The van der Waals surface area contributed by atoms with Crippen molar-refractivity contribution in [1.82, 2.24) is 0 Å². The first-order chi connectivity index (χ1) is 4.49. The highest BCUT2D eigenvalue weighted by molar-refractivity contribution is 5.81. The highest BCUT2D eigenvalue weighted by Gasteiger charge is 2.41. The normalized spacial score (nSPS) is 21.6. The molecule has 1 N–H and O–H groups in total. The largest absolute Gasteiger partial charge is 0.478 e. The van der Waals surface area contributed by atoms with E-state index in [-0.39, 0.29) is 12.8 Å². The van der Waals surface area contributed by atoms with Gasteiger partial charge in [-0.05, 0) is 0 Å². The van der Waals surface area contributed by atoms with E-state index in [0.29, 0.717) is 5.57 Å². The monoisotopic (exact) mass is 148 g/mol. The van der Waals surface area contributed by atoms with Crippen LogP contribution in [0.15, 0.2) is 11.6 Å². The first kappa shape index (κ1) is 7.18. The van der Waals surface area contributed by atoms with Crippen LogP contribution in [0.2, 0.25) is 0 Å². The number of carbonyl (C=O) groups is 1. The summed E-state index contributed by atoms with van der Waals surface area (Å²) in [7, 11) is 0. The first-order valence-corrected chi connectivity index (χ1v) is 2.80. The number of aliphatic carboxylic acids is 1. The molecule has 10 heavy (non-hydrogen) atoms. The average molecular weight is 148 g/mol. The van der Waals surface area contributed by atoms with Gasteiger partial charge in [0.2, 0.25) is 0 Å². The minimum atomic E-state index is -2.65. The second-order valence-corrected chi connectivity index (χ2v) is 2.35. The second kappa shape index (κ2) is 2.04. The summed E-state index contributed by atoms with van der Waals surface area (Å²) >= 11 is 0. The molecule has 0 saturated heterocycles. The Kier molecular flexibility index (Phi) is 1.46. The molecule has 0 aromatic rings. The number of hydrogen-bond donors (Lipinski definition) is 1. The number of allylic oxidation sites excluding steroid dienone is 1. The molecule has 0 bridgehead atoms. The fourth-order valence-electron chi connectivity index (χ4n) is 0.889. The van der Waals surface area contributed by atoms with Crippen molar-refractivity contribution in [3.63, 3.8) is 0 Å². The Balaban J connectivity index is 2.46. The van der Waals surface area contributed by atoms with Gasteiger partial charge in [-0.15, -0.1) is 0 Å². The van der Waals surface area contributed by atoms with Crippen LogP contribution in [0.4, 0.5) is 8.78 Å². The zero-order chi connectivity index (χ0) is 7.78. The van der Waals surface area contributed by atoms with E-state index < -0.39 is 11.9 Å². The predicted molar refractivity (Wildman–Crippen MR) is 29.9 cm³/mol. The Bertz CT molecular complexity index is 186. The molecular formula is C6H6F2O2. The van der Waals surface area contributed by atoms with Crippen LogP contribution < -0.4 is 0 Å². The van der Waals surface area contributed by atoms with Gasteiger partial charge in [0.15, 0.2) is 0 Å². The second-order valence-electron chi connectivity index (χ2n) is 2.35. The van der Waals surface area contributed by atoms with Crippen LogP contribution in [0.1, 0.15) is 12.8 Å². The molecule has 1 fully saturated rings. The van der Waals surface area contributed by atoms with Crippen molar-refractivity contribution >= 4 is 5.97 Å². The van der Waals surface area contributed by atoms with Crippen LogP contribution in [0.3, 0.4) is 0 Å². The molecule has 2 nitrogen and oxygen atoms in total. The highest BCUT2D eigenvalue weighted by atomic mass is 19.3. The average Bonchev–Trinajstić information content (AvgIpc) is 1.57. The Morgan fingerprint density at radius 2 is 2.10 bits per heavy atom. The van der Waals surface area contributed by atoms with Gasteiger partial charge in [0, 0.05) is 18.9 Å². The molecule has 1 rings (SSSR count). The van der Waals surface area contributed by atoms with Gasteiger partial charge < -0.3 is 5.11 Å². The summed E-state index contributed by atoms with van der Waals surface area (Å²) in [6, 6.07) is 0. The van der Waals surface area contributed by atoms with Crippen molar-refractivity contribution in [2.24, 2.45) is 0 Å². The molecule has 0 spiro atoms. The number of alkyl halides is 2. The lowest BCUT2D eigenvalue weighted by Gasteiger charge is -2.27. The minimum absolute atomic E-state index is 0.317. The molecule has 56 valence electrons. The molecule has 0 heterocycles. The highest BCUT2D eigenvalue weighted by Crippen LogP contribution is 2.41. The maximum Gasteiger partial charge on any atom is 0.328 e. The van der Waals surface area contributed by atoms with Crippen LogP contribution in [0.5, 0.6) is 0 Å². The van der Waals surface area contributed by atoms with E-state index in [0.717, 1.165) is 6.08 Å². The number of carboxylic acid groups (broad SMARTS) is 1. The first-order valence-electron chi connectivity index (χ1n) is 2.80. The standard InChI is InChI=1S/C6H6F2O2/c7-6(8)2-4(3-6)1-5(9)10/h1H,2-3H2,(H,9,10). The van der Waals surface area contributed by atoms with Crippen LogP contribution in [0, 0.1) is 0 Å². The topological polar surface area (TPSA) is 37.3 Å². The van der Waals surface area contributed by atoms with E-state index in [9.17, 15) is 13.6 Å². The van der Waals surface area contributed by atoms with Crippen molar-refractivity contribution in [1.29, 1.82) is 0 Å². The van der Waals surface area contributed by atoms with Gasteiger partial charge >= 0.3 is 5.97 Å². The van der Waals surface area contributed by atoms with Crippen molar-refractivity contribution in [3.8, 4) is 0 Å². The Labute approximate surface area is 56.2 Å². The molecule has 1 aliphatic rings. The van der Waals surface area contributed by atoms with Gasteiger partial charge in [0.1, 0.15) is 0 Å². The molecule has 0 aromatic heterocycles. The summed E-state index contributed by atoms with van der Waals surface area (Å²) < 4.78 is 24.0. The SMILES string of the molecule is O=C(O)C=C1CC(F)(F)C1. The van der Waals surface area contributed by atoms with E-state index in [2.05, 4.69) is 0 Å². The number of rotatable bonds is 1. The molecule has 0 radical (unpaired) electrons. The van der Waals surface area contributed by atoms with E-state index in [1.54, 1.807) is 0 Å². The summed E-state index contributed by atoms with van der Waals surface area (Å²) in [5.74, 6) is -3.80. The van der Waals surface area contributed by atoms with E-state index in [1.165, 1.54) is 0 Å². The zero-order valence-corrected chi connectivity index (χ0v) is 5.10. The number of carboxylic acids is 1. The third-order valence-corrected chi connectivity index (χ3v) is 1.30. The van der Waals surface area contributed by atoms with Crippen molar-refractivity contribution in [3.05, 3.63) is 11.6 Å². The summed E-state index contributed by atoms with van der Waals surface area (Å²) in [5.41, 5.74) is 0.317. The van der Waals surface area contributed by atoms with Crippen molar-refractivity contribution in [2.45, 2.75) is 18.8 Å². The summed E-state index contributed by atoms with van der Waals surface area (Å²) in [4.78, 5) is 9.89. The molecule has 4 heteroatoms. The molecule has 1 saturated carbocycles. The van der Waals surface area contributed by atoms with Crippen LogP contribution in [-0.4, -0.2) is 17.0 Å². The van der Waals surface area contributed by atoms with E-state index in [1.807, 2.05) is 0 Å². The fraction of sp³-hybridized carbons (Fsp3) is 0.500. The zero-order valence-electron chi connectivity index (χ0n) is 5.10. The van der Waals surface area contributed by atoms with Crippen LogP contribution in [0.25, 0.3) is 0 Å². The van der Waals surface area contributed by atoms with Gasteiger partial charge in [-0.25, -0.2) is 13.6 Å². The Hall–Kier alpha value is -0.930. The lowest BCUT2D eigenvalue weighted by atomic mass is 9.87. The van der Waals surface area contributed by atoms with E-state index in [4.69, 9.17) is 5.11 Å². The molecule has 0 aromatic carbocycles. The van der Waals surface area contributed by atoms with Gasteiger partial charge in [-0.1, -0.05) is 5.57 Å². The van der Waals surface area contributed by atoms with Gasteiger partial charge in [-0.3, -0.25) is 0 Å². The predicted octanol–water partition coefficient (Wildman–Crippen LogP) is 1.43. The number of hydrogen-bond acceptors (Lipinski definition) is 1. The minimum Gasteiger partial charge on any atom is -0.478 e. The van der Waals surface area contributed by atoms with Gasteiger partial charge in [-0.2, -0.15) is 0 Å². The third-order valence-electron chi connectivity index (χ3n) is 1.30. The van der Waals surface area contributed by atoms with Crippen molar-refractivity contribution in [2.75, 3.05) is 0 Å². The summed E-state index contributed by atoms with van der Waals surface area (Å²) in [6.45, 7) is 0. The quantitative estimate of drug-likeness (QED) is 0.571. The third kappa shape index (κ3) is 1.52. The fourth-order valence-corrected chi connectivity index (χ4v) is 0.889. The molecule has 1 aliphatic carbocycles. The van der Waals surface area contributed by atoms with Gasteiger partial charge in [0.25, 0.3) is 5.92 Å². The van der Waals surface area contributed by atoms with Gasteiger partial charge in [0.05, 0.1) is 0 Å². The lowest BCUT2D eigenvalue weighted by molar-refractivity contribution is -0.131. The molecule has 0 amide bonds. The number of halogens is 2. The van der Waals surface area contributed by atoms with Crippen LogP contribution >= 0.6 is 0 Å². The summed E-state index contributed by atoms with van der Waals surface area (Å²) in [5, 5.41) is 8.10. The molecule has 0 unspecified atom stereocenters. The summed E-state index contributed by atoms with van der Waals surface area (Å²) in [6.07, 6.45) is 0.0655. The van der Waals surface area contributed by atoms with Crippen molar-refractivity contribution < 1.29 is 18.7 Å². The van der Waals surface area contributed by atoms with E-state index >= 15 is 0 Å². The lowest BCUT2D eigenvalue weighted by Crippen LogP contribution is -2.28. The van der Waals surface area contributed by atoms with Crippen LogP contribution in [-0.2, 0) is 4.79 Å².